The second-order valence-corrected chi connectivity index (χ2v) is 16.1. The fourth-order valence-electron chi connectivity index (χ4n) is 6.46. The molecule has 0 aliphatic heterocycles. The van der Waals surface area contributed by atoms with Crippen LogP contribution in [0, 0.1) is 0 Å². The first-order valence-electron chi connectivity index (χ1n) is 25.0. The number of allylic oxidation sites excluding steroid dienone is 18. The zero-order chi connectivity index (χ0) is 45.1. The molecule has 0 heterocycles. The largest absolute Gasteiger partial charge is 0.462 e. The van der Waals surface area contributed by atoms with Crippen LogP contribution in [-0.4, -0.2) is 37.2 Å². The average molecular weight is 859 g/mol. The Labute approximate surface area is 380 Å². The first kappa shape index (κ1) is 58.1. The van der Waals surface area contributed by atoms with Gasteiger partial charge in [-0.25, -0.2) is 0 Å². The molecular formula is C56H90O6. The van der Waals surface area contributed by atoms with Crippen molar-refractivity contribution in [1.82, 2.24) is 0 Å². The third kappa shape index (κ3) is 47.1. The van der Waals surface area contributed by atoms with E-state index < -0.39 is 6.10 Å². The standard InChI is InChI=1S/C56H90O6/c1-4-7-10-13-16-19-22-25-27-29-31-34-37-40-43-46-49-55(58)61-52-53(51-60-54(57)48-45-42-39-36-33-30-24-21-18-15-12-9-6-3)62-56(59)50-47-44-41-38-35-32-28-26-23-20-17-14-11-8-5-2/h7-12,14-21,23-25,27,53H,4-6,13,22,26,28-52H2,1-3H3/b10-7+,11-8+,12-9+,17-14+,18-15+,19-16+,23-20+,24-21+,27-25+. The molecule has 0 bridgehead atoms. The van der Waals surface area contributed by atoms with Crippen LogP contribution in [0.4, 0.5) is 0 Å². The van der Waals surface area contributed by atoms with Crippen LogP contribution in [0.1, 0.15) is 207 Å². The van der Waals surface area contributed by atoms with Crippen LogP contribution in [0.3, 0.4) is 0 Å². The highest BCUT2D eigenvalue weighted by Gasteiger charge is 2.19. The minimum atomic E-state index is -0.800. The van der Waals surface area contributed by atoms with Crippen molar-refractivity contribution in [2.75, 3.05) is 13.2 Å². The van der Waals surface area contributed by atoms with E-state index in [1.807, 2.05) is 0 Å². The van der Waals surface area contributed by atoms with Crippen LogP contribution in [0.25, 0.3) is 0 Å². The number of ether oxygens (including phenoxy) is 3. The van der Waals surface area contributed by atoms with Crippen LogP contribution in [0.5, 0.6) is 0 Å². The first-order chi connectivity index (χ1) is 30.5. The van der Waals surface area contributed by atoms with Crippen molar-refractivity contribution in [1.29, 1.82) is 0 Å². The predicted molar refractivity (Wildman–Crippen MR) is 265 cm³/mol. The highest BCUT2D eigenvalue weighted by Crippen LogP contribution is 2.14. The molecule has 0 spiro atoms. The third-order valence-electron chi connectivity index (χ3n) is 10.1. The smallest absolute Gasteiger partial charge is 0.306 e. The van der Waals surface area contributed by atoms with Crippen molar-refractivity contribution in [2.45, 2.75) is 213 Å². The summed E-state index contributed by atoms with van der Waals surface area (Å²) in [6.45, 7) is 6.21. The Morgan fingerprint density at radius 3 is 1.08 bits per heavy atom. The van der Waals surface area contributed by atoms with E-state index in [0.29, 0.717) is 19.3 Å². The van der Waals surface area contributed by atoms with Crippen LogP contribution in [0.2, 0.25) is 0 Å². The number of carbonyl (C=O) groups excluding carboxylic acids is 3. The summed E-state index contributed by atoms with van der Waals surface area (Å²) in [6.07, 6.45) is 66.4. The molecule has 0 rings (SSSR count). The Morgan fingerprint density at radius 2 is 0.661 bits per heavy atom. The SMILES string of the molecule is CC/C=C/C=C/C=C/CCCCCCCCCC(=O)OC(COC(=O)CCCCCCC/C=C/C=C/C=C/CC)COC(=O)CCCCCCCC/C=C/C/C=C/C/C=C/CC. The molecule has 0 saturated carbocycles. The molecule has 6 heteroatoms. The lowest BCUT2D eigenvalue weighted by molar-refractivity contribution is -0.167. The molecule has 1 unspecified atom stereocenters. The van der Waals surface area contributed by atoms with E-state index in [-0.39, 0.29) is 31.1 Å². The Hall–Kier alpha value is -3.93. The maximum Gasteiger partial charge on any atom is 0.306 e. The molecule has 0 amide bonds. The molecule has 0 aromatic carbocycles. The molecular weight excluding hydrogens is 769 g/mol. The van der Waals surface area contributed by atoms with Crippen molar-refractivity contribution in [3.63, 3.8) is 0 Å². The molecule has 0 radical (unpaired) electrons. The topological polar surface area (TPSA) is 78.9 Å². The van der Waals surface area contributed by atoms with E-state index in [0.717, 1.165) is 135 Å². The van der Waals surface area contributed by atoms with Gasteiger partial charge in [-0.1, -0.05) is 207 Å². The van der Waals surface area contributed by atoms with Gasteiger partial charge in [0, 0.05) is 19.3 Å². The zero-order valence-corrected chi connectivity index (χ0v) is 39.8. The van der Waals surface area contributed by atoms with Crippen molar-refractivity contribution in [3.8, 4) is 0 Å². The summed E-state index contributed by atoms with van der Waals surface area (Å²) in [5.41, 5.74) is 0. The molecule has 350 valence electrons. The molecule has 0 aliphatic carbocycles. The number of unbranched alkanes of at least 4 members (excludes halogenated alkanes) is 18. The molecule has 0 aromatic rings. The van der Waals surface area contributed by atoms with Gasteiger partial charge in [0.15, 0.2) is 6.10 Å². The van der Waals surface area contributed by atoms with Crippen LogP contribution >= 0.6 is 0 Å². The van der Waals surface area contributed by atoms with Crippen LogP contribution in [-0.2, 0) is 28.6 Å². The van der Waals surface area contributed by atoms with Gasteiger partial charge in [0.1, 0.15) is 13.2 Å². The van der Waals surface area contributed by atoms with E-state index in [2.05, 4.69) is 130 Å². The Bertz CT molecular complexity index is 1310. The molecule has 0 aliphatic rings. The number of hydrogen-bond donors (Lipinski definition) is 0. The van der Waals surface area contributed by atoms with Gasteiger partial charge in [-0.05, 0) is 89.9 Å². The summed E-state index contributed by atoms with van der Waals surface area (Å²) in [4.78, 5) is 38.0. The summed E-state index contributed by atoms with van der Waals surface area (Å²) in [7, 11) is 0. The van der Waals surface area contributed by atoms with Gasteiger partial charge in [0.25, 0.3) is 0 Å². The number of rotatable bonds is 43. The normalized spacial score (nSPS) is 13.0. The highest BCUT2D eigenvalue weighted by atomic mass is 16.6. The summed E-state index contributed by atoms with van der Waals surface area (Å²) in [5.74, 6) is -0.951. The molecule has 0 fully saturated rings. The van der Waals surface area contributed by atoms with Crippen molar-refractivity contribution < 1.29 is 28.6 Å². The maximum atomic E-state index is 12.8. The van der Waals surface area contributed by atoms with Crippen molar-refractivity contribution in [3.05, 3.63) is 109 Å². The Morgan fingerprint density at radius 1 is 0.339 bits per heavy atom. The Kier molecular flexibility index (Phi) is 46.6. The van der Waals surface area contributed by atoms with E-state index in [9.17, 15) is 14.4 Å². The fourth-order valence-corrected chi connectivity index (χ4v) is 6.46. The van der Waals surface area contributed by atoms with E-state index in [4.69, 9.17) is 14.2 Å². The second-order valence-electron chi connectivity index (χ2n) is 16.1. The lowest BCUT2D eigenvalue weighted by atomic mass is 10.1. The minimum absolute atomic E-state index is 0.0991. The molecule has 6 nitrogen and oxygen atoms in total. The van der Waals surface area contributed by atoms with E-state index >= 15 is 0 Å². The number of carbonyl (C=O) groups is 3. The van der Waals surface area contributed by atoms with Crippen molar-refractivity contribution >= 4 is 17.9 Å². The van der Waals surface area contributed by atoms with Crippen LogP contribution < -0.4 is 0 Å². The summed E-state index contributed by atoms with van der Waals surface area (Å²) >= 11 is 0. The molecule has 0 aromatic heterocycles. The van der Waals surface area contributed by atoms with Gasteiger partial charge < -0.3 is 14.2 Å². The summed E-state index contributed by atoms with van der Waals surface area (Å²) < 4.78 is 16.7. The summed E-state index contributed by atoms with van der Waals surface area (Å²) in [6, 6.07) is 0. The molecule has 62 heavy (non-hydrogen) atoms. The van der Waals surface area contributed by atoms with Gasteiger partial charge in [-0.2, -0.15) is 0 Å². The second kappa shape index (κ2) is 49.7. The average Bonchev–Trinajstić information content (AvgIpc) is 3.27. The van der Waals surface area contributed by atoms with E-state index in [1.165, 1.54) is 32.1 Å². The Balaban J connectivity index is 4.47. The van der Waals surface area contributed by atoms with E-state index in [1.54, 1.807) is 0 Å². The summed E-state index contributed by atoms with van der Waals surface area (Å²) in [5, 5.41) is 0. The van der Waals surface area contributed by atoms with Gasteiger partial charge >= 0.3 is 17.9 Å². The monoisotopic (exact) mass is 859 g/mol. The van der Waals surface area contributed by atoms with Gasteiger partial charge in [-0.3, -0.25) is 14.4 Å². The number of hydrogen-bond acceptors (Lipinski definition) is 6. The lowest BCUT2D eigenvalue weighted by Gasteiger charge is -2.18. The molecule has 0 saturated heterocycles. The zero-order valence-electron chi connectivity index (χ0n) is 39.8. The lowest BCUT2D eigenvalue weighted by Crippen LogP contribution is -2.30. The van der Waals surface area contributed by atoms with Crippen molar-refractivity contribution in [2.24, 2.45) is 0 Å². The minimum Gasteiger partial charge on any atom is -0.462 e. The fraction of sp³-hybridized carbons (Fsp3) is 0.625. The highest BCUT2D eigenvalue weighted by molar-refractivity contribution is 5.71. The quantitative estimate of drug-likeness (QED) is 0.0200. The van der Waals surface area contributed by atoms with Gasteiger partial charge in [0.05, 0.1) is 0 Å². The predicted octanol–water partition coefficient (Wildman–Crippen LogP) is 16.4. The van der Waals surface area contributed by atoms with Gasteiger partial charge in [-0.15, -0.1) is 0 Å². The number of esters is 3. The van der Waals surface area contributed by atoms with Crippen LogP contribution in [0.15, 0.2) is 109 Å². The first-order valence-corrected chi connectivity index (χ1v) is 25.0. The third-order valence-corrected chi connectivity index (χ3v) is 10.1. The maximum absolute atomic E-state index is 12.8. The van der Waals surface area contributed by atoms with Gasteiger partial charge in [0.2, 0.25) is 0 Å². The molecule has 1 atom stereocenters. The molecule has 0 N–H and O–H groups in total.